The fourth-order valence-electron chi connectivity index (χ4n) is 10.6. The van der Waals surface area contributed by atoms with Crippen LogP contribution in [0.4, 0.5) is 0 Å². The molecule has 2 aliphatic rings. The Hall–Kier alpha value is -6.94. The van der Waals surface area contributed by atoms with E-state index in [-0.39, 0.29) is 5.92 Å². The van der Waals surface area contributed by atoms with Crippen molar-refractivity contribution in [2.45, 2.75) is 24.2 Å². The van der Waals surface area contributed by atoms with Crippen LogP contribution in [0.2, 0.25) is 0 Å². The lowest BCUT2D eigenvalue weighted by Crippen LogP contribution is -2.32. The summed E-state index contributed by atoms with van der Waals surface area (Å²) >= 11 is 1.88. The Morgan fingerprint density at radius 3 is 1.98 bits per heavy atom. The first-order valence-corrected chi connectivity index (χ1v) is 21.4. The smallest absolute Gasteiger partial charge is 0.135 e. The average Bonchev–Trinajstić information content (AvgIpc) is 3.95. The van der Waals surface area contributed by atoms with Gasteiger partial charge in [-0.2, -0.15) is 0 Å². The van der Waals surface area contributed by atoms with Crippen molar-refractivity contribution in [3.05, 3.63) is 227 Å². The summed E-state index contributed by atoms with van der Waals surface area (Å²) in [6.45, 7) is 0. The monoisotopic (exact) mass is 772 g/mol. The molecule has 1 unspecified atom stereocenters. The van der Waals surface area contributed by atoms with E-state index in [4.69, 9.17) is 9.15 Å². The second kappa shape index (κ2) is 12.5. The average molecular weight is 773 g/mol. The van der Waals surface area contributed by atoms with Crippen LogP contribution < -0.4 is 4.74 Å². The number of benzene rings is 9. The maximum Gasteiger partial charge on any atom is 0.135 e. The summed E-state index contributed by atoms with van der Waals surface area (Å²) in [6, 6.07) is 69.5. The van der Waals surface area contributed by atoms with Crippen LogP contribution in [0.3, 0.4) is 0 Å². The minimum Gasteiger partial charge on any atom is -0.457 e. The van der Waals surface area contributed by atoms with Crippen molar-refractivity contribution in [2.75, 3.05) is 0 Å². The lowest BCUT2D eigenvalue weighted by Gasteiger charge is -2.39. The summed E-state index contributed by atoms with van der Waals surface area (Å²) in [5.74, 6) is 1.99. The number of ether oxygens (including phenoxy) is 1. The van der Waals surface area contributed by atoms with Gasteiger partial charge in [0.15, 0.2) is 0 Å². The minimum atomic E-state index is -0.522. The molecule has 59 heavy (non-hydrogen) atoms. The molecule has 3 heterocycles. The zero-order valence-electron chi connectivity index (χ0n) is 32.1. The largest absolute Gasteiger partial charge is 0.457 e. The molecular weight excluding hydrogens is 737 g/mol. The van der Waals surface area contributed by atoms with E-state index in [1.807, 2.05) is 17.4 Å². The van der Waals surface area contributed by atoms with Gasteiger partial charge in [0.2, 0.25) is 0 Å². The van der Waals surface area contributed by atoms with Crippen LogP contribution in [0, 0.1) is 0 Å². The van der Waals surface area contributed by atoms with Gasteiger partial charge in [0, 0.05) is 48.0 Å². The summed E-state index contributed by atoms with van der Waals surface area (Å²) in [5.41, 5.74) is 13.0. The summed E-state index contributed by atoms with van der Waals surface area (Å²) in [4.78, 5) is 0. The van der Waals surface area contributed by atoms with Gasteiger partial charge >= 0.3 is 0 Å². The van der Waals surface area contributed by atoms with Gasteiger partial charge in [0.05, 0.1) is 5.41 Å². The highest BCUT2D eigenvalue weighted by atomic mass is 32.1. The quantitative estimate of drug-likeness (QED) is 0.174. The Morgan fingerprint density at radius 1 is 0.458 bits per heavy atom. The Bertz CT molecular complexity index is 3470. The minimum absolute atomic E-state index is 0.157. The van der Waals surface area contributed by atoms with Gasteiger partial charge in [-0.3, -0.25) is 0 Å². The number of para-hydroxylation sites is 3. The Labute approximate surface area is 345 Å². The molecule has 0 fully saturated rings. The van der Waals surface area contributed by atoms with Crippen molar-refractivity contribution in [1.82, 2.24) is 0 Å². The number of hydrogen-bond acceptors (Lipinski definition) is 3. The number of fused-ring (bicyclic) bond motifs is 17. The number of aryl methyl sites for hydroxylation is 1. The fourth-order valence-corrected chi connectivity index (χ4v) is 11.7. The molecule has 278 valence electrons. The standard InChI is InChI=1S/C56H36O2S/c1-2-12-39-35(11-1)23-28-48-55(39)44-33-36(24-27-45(44)56(48)46-15-5-8-18-51(46)58-52-19-9-6-16-47(52)56)38(37-25-30-54-43(32-37)41-14-4-10-20-53(41)59-54)26-21-34-22-29-50-42(31-34)40-13-3-7-17-49(40)57-50/h1-20,22-25,27-33,38H,21,26H2. The molecule has 0 saturated heterocycles. The maximum atomic E-state index is 6.67. The molecule has 2 nitrogen and oxygen atoms in total. The van der Waals surface area contributed by atoms with E-state index in [1.54, 1.807) is 0 Å². The van der Waals surface area contributed by atoms with Crippen LogP contribution in [-0.2, 0) is 11.8 Å². The molecule has 1 aliphatic heterocycles. The van der Waals surface area contributed by atoms with Crippen molar-refractivity contribution in [3.8, 4) is 22.6 Å². The molecule has 1 spiro atoms. The normalized spacial score (nSPS) is 14.1. The summed E-state index contributed by atoms with van der Waals surface area (Å²) in [7, 11) is 0. The Balaban J connectivity index is 1.03. The molecule has 0 N–H and O–H groups in total. The van der Waals surface area contributed by atoms with Crippen LogP contribution in [0.1, 0.15) is 51.3 Å². The van der Waals surface area contributed by atoms with Crippen molar-refractivity contribution >= 4 is 64.2 Å². The fraction of sp³-hybridized carbons (Fsp3) is 0.0714. The predicted octanol–water partition coefficient (Wildman–Crippen LogP) is 15.3. The summed E-state index contributed by atoms with van der Waals surface area (Å²) in [6.07, 6.45) is 1.89. The molecule has 0 saturated carbocycles. The lowest BCUT2D eigenvalue weighted by molar-refractivity contribution is 0.436. The van der Waals surface area contributed by atoms with Crippen LogP contribution in [0.25, 0.3) is 64.0 Å². The third-order valence-corrected chi connectivity index (χ3v) is 14.4. The molecule has 1 atom stereocenters. The van der Waals surface area contributed by atoms with Crippen molar-refractivity contribution in [1.29, 1.82) is 0 Å². The summed E-state index contributed by atoms with van der Waals surface area (Å²) < 4.78 is 15.6. The van der Waals surface area contributed by atoms with Gasteiger partial charge < -0.3 is 9.15 Å². The van der Waals surface area contributed by atoms with Crippen molar-refractivity contribution < 1.29 is 9.15 Å². The number of hydrogen-bond donors (Lipinski definition) is 0. The molecule has 11 aromatic rings. The highest BCUT2D eigenvalue weighted by Crippen LogP contribution is 2.63. The van der Waals surface area contributed by atoms with Gasteiger partial charge in [0.25, 0.3) is 0 Å². The van der Waals surface area contributed by atoms with E-state index in [0.717, 1.165) is 35.5 Å². The molecule has 0 amide bonds. The van der Waals surface area contributed by atoms with E-state index in [2.05, 4.69) is 182 Å². The first-order valence-electron chi connectivity index (χ1n) is 20.6. The number of furan rings is 1. The molecule has 0 bridgehead atoms. The molecule has 1 aliphatic carbocycles. The van der Waals surface area contributed by atoms with Gasteiger partial charge in [-0.05, 0) is 111 Å². The van der Waals surface area contributed by atoms with Gasteiger partial charge in [-0.15, -0.1) is 11.3 Å². The number of thiophene rings is 1. The lowest BCUT2D eigenvalue weighted by atomic mass is 9.66. The Kier molecular flexibility index (Phi) is 7.02. The van der Waals surface area contributed by atoms with E-state index in [9.17, 15) is 0 Å². The molecule has 3 heteroatoms. The third-order valence-electron chi connectivity index (χ3n) is 13.2. The predicted molar refractivity (Wildman–Crippen MR) is 245 cm³/mol. The highest BCUT2D eigenvalue weighted by molar-refractivity contribution is 7.25. The first-order chi connectivity index (χ1) is 29.2. The second-order valence-electron chi connectivity index (χ2n) is 16.2. The van der Waals surface area contributed by atoms with E-state index in [0.29, 0.717) is 0 Å². The first kappa shape index (κ1) is 33.1. The molecule has 9 aromatic carbocycles. The van der Waals surface area contributed by atoms with Crippen LogP contribution in [0.15, 0.2) is 192 Å². The van der Waals surface area contributed by atoms with Crippen LogP contribution >= 0.6 is 11.3 Å². The third kappa shape index (κ3) is 4.74. The van der Waals surface area contributed by atoms with Crippen molar-refractivity contribution in [3.63, 3.8) is 0 Å². The van der Waals surface area contributed by atoms with Crippen LogP contribution in [-0.4, -0.2) is 0 Å². The topological polar surface area (TPSA) is 22.4 Å². The molecular formula is C56H36O2S. The number of rotatable bonds is 5. The van der Waals surface area contributed by atoms with E-state index in [1.165, 1.54) is 91.8 Å². The Morgan fingerprint density at radius 2 is 1.12 bits per heavy atom. The van der Waals surface area contributed by atoms with Gasteiger partial charge in [-0.25, -0.2) is 0 Å². The zero-order chi connectivity index (χ0) is 38.7. The van der Waals surface area contributed by atoms with Crippen LogP contribution in [0.5, 0.6) is 11.5 Å². The van der Waals surface area contributed by atoms with Gasteiger partial charge in [-0.1, -0.05) is 140 Å². The SMILES string of the molecule is c1ccc2c(c1)Oc1ccccc1C21c2ccc(C(CCc3ccc4oc5ccccc5c4c3)c3ccc4sc5ccccc5c4c3)cc2-c2c1ccc1ccccc21. The highest BCUT2D eigenvalue weighted by Gasteiger charge is 2.51. The maximum absolute atomic E-state index is 6.67. The summed E-state index contributed by atoms with van der Waals surface area (Å²) in [5, 5.41) is 7.56. The van der Waals surface area contributed by atoms with Gasteiger partial charge in [0.1, 0.15) is 22.7 Å². The molecule has 0 radical (unpaired) electrons. The second-order valence-corrected chi connectivity index (χ2v) is 17.3. The van der Waals surface area contributed by atoms with E-state index >= 15 is 0 Å². The molecule has 2 aromatic heterocycles. The molecule has 13 rings (SSSR count). The zero-order valence-corrected chi connectivity index (χ0v) is 32.9. The van der Waals surface area contributed by atoms with E-state index < -0.39 is 5.41 Å². The van der Waals surface area contributed by atoms with Crippen molar-refractivity contribution in [2.24, 2.45) is 0 Å².